The van der Waals surface area contributed by atoms with Crippen molar-refractivity contribution in [1.29, 1.82) is 0 Å². The molecule has 0 saturated heterocycles. The Bertz CT molecular complexity index is 416. The lowest BCUT2D eigenvalue weighted by atomic mass is 9.83. The fourth-order valence-electron chi connectivity index (χ4n) is 3.03. The fourth-order valence-corrected chi connectivity index (χ4v) is 3.03. The molecule has 110 valence electrons. The molecule has 0 bridgehead atoms. The molecular weight excluding hydrogens is 246 g/mol. The summed E-state index contributed by atoms with van der Waals surface area (Å²) in [5.74, 6) is 1.72. The predicted molar refractivity (Wildman–Crippen MR) is 86.1 cm³/mol. The van der Waals surface area contributed by atoms with Crippen molar-refractivity contribution in [1.82, 2.24) is 5.32 Å². The molecule has 0 atom stereocenters. The molecule has 0 spiro atoms. The summed E-state index contributed by atoms with van der Waals surface area (Å²) < 4.78 is 5.50. The Hall–Kier alpha value is -1.28. The molecule has 0 amide bonds. The summed E-state index contributed by atoms with van der Waals surface area (Å²) in [6, 6.07) is 8.44. The van der Waals surface area contributed by atoms with Gasteiger partial charge in [-0.05, 0) is 50.4 Å². The van der Waals surface area contributed by atoms with Gasteiger partial charge in [0.15, 0.2) is 0 Å². The lowest BCUT2D eigenvalue weighted by Crippen LogP contribution is -2.19. The van der Waals surface area contributed by atoms with E-state index in [9.17, 15) is 0 Å². The summed E-state index contributed by atoms with van der Waals surface area (Å²) in [5, 5.41) is 3.32. The van der Waals surface area contributed by atoms with Crippen LogP contribution in [0.2, 0.25) is 0 Å². The molecule has 1 aromatic carbocycles. The highest BCUT2D eigenvalue weighted by molar-refractivity contribution is 5.55. The number of likely N-dealkylation sites (N-methyl/N-ethyl adjacent to an activating group) is 1. The lowest BCUT2D eigenvalue weighted by Gasteiger charge is -2.24. The van der Waals surface area contributed by atoms with E-state index in [1.165, 1.54) is 37.7 Å². The van der Waals surface area contributed by atoms with E-state index >= 15 is 0 Å². The third-order valence-corrected chi connectivity index (χ3v) is 4.05. The molecule has 1 aromatic rings. The largest absolute Gasteiger partial charge is 0.494 e. The Morgan fingerprint density at radius 1 is 1.20 bits per heavy atom. The van der Waals surface area contributed by atoms with Gasteiger partial charge >= 0.3 is 0 Å². The normalized spacial score (nSPS) is 17.2. The van der Waals surface area contributed by atoms with E-state index in [0.29, 0.717) is 0 Å². The molecule has 1 fully saturated rings. The maximum Gasteiger partial charge on any atom is 0.119 e. The molecule has 0 radical (unpaired) electrons. The molecule has 1 saturated carbocycles. The number of nitrogens with one attached hydrogen (secondary N) is 1. The molecule has 1 aliphatic carbocycles. The van der Waals surface area contributed by atoms with Crippen LogP contribution in [0.3, 0.4) is 0 Å². The van der Waals surface area contributed by atoms with Gasteiger partial charge in [0.1, 0.15) is 5.75 Å². The van der Waals surface area contributed by atoms with Gasteiger partial charge in [-0.3, -0.25) is 0 Å². The minimum absolute atomic E-state index is 0.724. The highest BCUT2D eigenvalue weighted by atomic mass is 16.5. The SMILES string of the molecule is CCOc1ccc(/C=C(/CNC)C2CCCCC2)cc1. The third-order valence-electron chi connectivity index (χ3n) is 4.05. The van der Waals surface area contributed by atoms with Crippen LogP contribution in [0.1, 0.15) is 44.6 Å². The molecule has 2 rings (SSSR count). The standard InChI is InChI=1S/C18H27NO/c1-3-20-18-11-9-15(10-12-18)13-17(14-19-2)16-7-5-4-6-8-16/h9-13,16,19H,3-8,14H2,1-2H3/b17-13-. The predicted octanol–water partition coefficient (Wildman–Crippen LogP) is 4.27. The first kappa shape index (κ1) is 15.1. The summed E-state index contributed by atoms with van der Waals surface area (Å²) in [4.78, 5) is 0. The highest BCUT2D eigenvalue weighted by Gasteiger charge is 2.17. The Labute approximate surface area is 123 Å². The molecular formula is C18H27NO. The monoisotopic (exact) mass is 273 g/mol. The number of benzene rings is 1. The van der Waals surface area contributed by atoms with Gasteiger partial charge in [-0.2, -0.15) is 0 Å². The average molecular weight is 273 g/mol. The smallest absolute Gasteiger partial charge is 0.119 e. The van der Waals surface area contributed by atoms with Gasteiger partial charge in [0.25, 0.3) is 0 Å². The maximum atomic E-state index is 5.50. The topological polar surface area (TPSA) is 21.3 Å². The Balaban J connectivity index is 2.10. The van der Waals surface area contributed by atoms with Crippen LogP contribution in [0.4, 0.5) is 0 Å². The van der Waals surface area contributed by atoms with Crippen LogP contribution in [0.15, 0.2) is 29.8 Å². The van der Waals surface area contributed by atoms with E-state index in [0.717, 1.165) is 24.8 Å². The van der Waals surface area contributed by atoms with Crippen LogP contribution in [-0.4, -0.2) is 20.2 Å². The van der Waals surface area contributed by atoms with Gasteiger partial charge < -0.3 is 10.1 Å². The zero-order valence-electron chi connectivity index (χ0n) is 12.8. The molecule has 1 aliphatic rings. The second kappa shape index (κ2) is 8.11. The molecule has 0 heterocycles. The van der Waals surface area contributed by atoms with Crippen LogP contribution in [0.5, 0.6) is 5.75 Å². The van der Waals surface area contributed by atoms with Crippen molar-refractivity contribution >= 4 is 6.08 Å². The minimum atomic E-state index is 0.724. The van der Waals surface area contributed by atoms with Crippen molar-refractivity contribution < 1.29 is 4.74 Å². The van der Waals surface area contributed by atoms with Crippen molar-refractivity contribution in [2.75, 3.05) is 20.2 Å². The summed E-state index contributed by atoms with van der Waals surface area (Å²) in [7, 11) is 2.04. The van der Waals surface area contributed by atoms with Gasteiger partial charge in [0.2, 0.25) is 0 Å². The van der Waals surface area contributed by atoms with Crippen LogP contribution >= 0.6 is 0 Å². The first-order chi connectivity index (χ1) is 9.83. The fraction of sp³-hybridized carbons (Fsp3) is 0.556. The van der Waals surface area contributed by atoms with Gasteiger partial charge in [-0.1, -0.05) is 43.0 Å². The van der Waals surface area contributed by atoms with Gasteiger partial charge in [-0.15, -0.1) is 0 Å². The van der Waals surface area contributed by atoms with Gasteiger partial charge in [0, 0.05) is 6.54 Å². The number of hydrogen-bond acceptors (Lipinski definition) is 2. The van der Waals surface area contributed by atoms with E-state index < -0.39 is 0 Å². The Kier molecular flexibility index (Phi) is 6.13. The zero-order chi connectivity index (χ0) is 14.2. The van der Waals surface area contributed by atoms with Gasteiger partial charge in [0.05, 0.1) is 6.61 Å². The zero-order valence-corrected chi connectivity index (χ0v) is 12.8. The highest BCUT2D eigenvalue weighted by Crippen LogP contribution is 2.30. The second-order valence-corrected chi connectivity index (χ2v) is 5.59. The first-order valence-electron chi connectivity index (χ1n) is 7.91. The summed E-state index contributed by atoms with van der Waals surface area (Å²) in [6.07, 6.45) is 9.24. The van der Waals surface area contributed by atoms with Gasteiger partial charge in [-0.25, -0.2) is 0 Å². The Morgan fingerprint density at radius 3 is 2.50 bits per heavy atom. The summed E-state index contributed by atoms with van der Waals surface area (Å²) in [5.41, 5.74) is 2.83. The minimum Gasteiger partial charge on any atom is -0.494 e. The van der Waals surface area contributed by atoms with E-state index in [2.05, 4.69) is 35.7 Å². The van der Waals surface area contributed by atoms with Crippen LogP contribution in [0.25, 0.3) is 6.08 Å². The van der Waals surface area contributed by atoms with Crippen LogP contribution in [-0.2, 0) is 0 Å². The average Bonchev–Trinajstić information content (AvgIpc) is 2.50. The number of ether oxygens (including phenoxy) is 1. The van der Waals surface area contributed by atoms with E-state index in [-0.39, 0.29) is 0 Å². The van der Waals surface area contributed by atoms with Crippen molar-refractivity contribution in [3.8, 4) is 5.75 Å². The summed E-state index contributed by atoms with van der Waals surface area (Å²) >= 11 is 0. The first-order valence-corrected chi connectivity index (χ1v) is 7.91. The van der Waals surface area contributed by atoms with E-state index in [1.54, 1.807) is 5.57 Å². The molecule has 20 heavy (non-hydrogen) atoms. The van der Waals surface area contributed by atoms with E-state index in [1.807, 2.05) is 14.0 Å². The Morgan fingerprint density at radius 2 is 1.90 bits per heavy atom. The quantitative estimate of drug-likeness (QED) is 0.836. The third kappa shape index (κ3) is 4.38. The molecule has 0 aromatic heterocycles. The van der Waals surface area contributed by atoms with Crippen molar-refractivity contribution in [3.63, 3.8) is 0 Å². The molecule has 1 N–H and O–H groups in total. The molecule has 0 unspecified atom stereocenters. The lowest BCUT2D eigenvalue weighted by molar-refractivity contribution is 0.340. The van der Waals surface area contributed by atoms with Crippen LogP contribution < -0.4 is 10.1 Å². The van der Waals surface area contributed by atoms with Crippen LogP contribution in [0, 0.1) is 5.92 Å². The summed E-state index contributed by atoms with van der Waals surface area (Å²) in [6.45, 7) is 3.74. The van der Waals surface area contributed by atoms with Crippen molar-refractivity contribution in [3.05, 3.63) is 35.4 Å². The molecule has 2 heteroatoms. The number of rotatable bonds is 6. The number of hydrogen-bond donors (Lipinski definition) is 1. The van der Waals surface area contributed by atoms with E-state index in [4.69, 9.17) is 4.74 Å². The second-order valence-electron chi connectivity index (χ2n) is 5.59. The van der Waals surface area contributed by atoms with Crippen molar-refractivity contribution in [2.45, 2.75) is 39.0 Å². The van der Waals surface area contributed by atoms with Crippen molar-refractivity contribution in [2.24, 2.45) is 5.92 Å². The molecule has 2 nitrogen and oxygen atoms in total. The molecule has 0 aliphatic heterocycles. The maximum absolute atomic E-state index is 5.50.